The van der Waals surface area contributed by atoms with Crippen LogP contribution in [-0.2, 0) is 0 Å². The smallest absolute Gasteiger partial charge is 0.407 e. The van der Waals surface area contributed by atoms with Gasteiger partial charge in [0, 0.05) is 6.54 Å². The van der Waals surface area contributed by atoms with Crippen molar-refractivity contribution < 1.29 is 15.0 Å². The maximum Gasteiger partial charge on any atom is 0.407 e. The van der Waals surface area contributed by atoms with E-state index in [1.807, 2.05) is 20.8 Å². The van der Waals surface area contributed by atoms with Crippen LogP contribution in [0.25, 0.3) is 0 Å². The van der Waals surface area contributed by atoms with E-state index in [9.17, 15) is 15.0 Å². The summed E-state index contributed by atoms with van der Waals surface area (Å²) in [5.41, 5.74) is -0.894. The molecule has 15 heavy (non-hydrogen) atoms. The molecule has 1 aliphatic rings. The van der Waals surface area contributed by atoms with Crippen LogP contribution >= 0.6 is 0 Å². The van der Waals surface area contributed by atoms with Crippen molar-refractivity contribution in [2.75, 3.05) is 6.54 Å². The van der Waals surface area contributed by atoms with E-state index in [1.54, 1.807) is 6.92 Å². The first-order valence-electron chi connectivity index (χ1n) is 5.42. The Bertz CT molecular complexity index is 257. The van der Waals surface area contributed by atoms with Gasteiger partial charge in [0.1, 0.15) is 0 Å². The summed E-state index contributed by atoms with van der Waals surface area (Å²) in [5, 5.41) is 19.1. The topological polar surface area (TPSA) is 60.8 Å². The highest BCUT2D eigenvalue weighted by Gasteiger charge is 2.54. The van der Waals surface area contributed by atoms with E-state index in [1.165, 1.54) is 4.90 Å². The Morgan fingerprint density at radius 3 is 2.27 bits per heavy atom. The standard InChI is InChI=1S/C11H21NO3/c1-8(13)11(10(2,3)4)6-5-7-12(11)9(14)15/h8,13H,5-7H2,1-4H3,(H,14,15)/t8-,11+/m0/s1. The normalized spacial score (nSPS) is 29.3. The first kappa shape index (κ1) is 12.3. The molecule has 0 radical (unpaired) electrons. The summed E-state index contributed by atoms with van der Waals surface area (Å²) >= 11 is 0. The maximum absolute atomic E-state index is 11.2. The average molecular weight is 215 g/mol. The van der Waals surface area contributed by atoms with Gasteiger partial charge in [-0.25, -0.2) is 4.79 Å². The largest absolute Gasteiger partial charge is 0.465 e. The van der Waals surface area contributed by atoms with Crippen molar-refractivity contribution in [3.63, 3.8) is 0 Å². The van der Waals surface area contributed by atoms with Crippen LogP contribution in [0.5, 0.6) is 0 Å². The van der Waals surface area contributed by atoms with E-state index < -0.39 is 17.7 Å². The summed E-state index contributed by atoms with van der Waals surface area (Å²) in [4.78, 5) is 12.6. The maximum atomic E-state index is 11.2. The van der Waals surface area contributed by atoms with Gasteiger partial charge in [-0.05, 0) is 25.2 Å². The number of likely N-dealkylation sites (tertiary alicyclic amines) is 1. The number of aliphatic hydroxyl groups excluding tert-OH is 1. The van der Waals surface area contributed by atoms with Crippen LogP contribution < -0.4 is 0 Å². The van der Waals surface area contributed by atoms with Gasteiger partial charge < -0.3 is 10.2 Å². The summed E-state index contributed by atoms with van der Waals surface area (Å²) in [5.74, 6) is 0. The van der Waals surface area contributed by atoms with E-state index >= 15 is 0 Å². The van der Waals surface area contributed by atoms with Gasteiger partial charge in [0.05, 0.1) is 11.6 Å². The fourth-order valence-corrected chi connectivity index (χ4v) is 2.95. The molecule has 1 saturated heterocycles. The van der Waals surface area contributed by atoms with E-state index in [-0.39, 0.29) is 5.41 Å². The minimum Gasteiger partial charge on any atom is -0.465 e. The zero-order chi connectivity index (χ0) is 11.9. The molecule has 0 bridgehead atoms. The molecular weight excluding hydrogens is 194 g/mol. The predicted octanol–water partition coefficient (Wildman–Crippen LogP) is 1.93. The van der Waals surface area contributed by atoms with Crippen molar-refractivity contribution in [2.24, 2.45) is 5.41 Å². The molecule has 1 heterocycles. The molecule has 0 aromatic carbocycles. The summed E-state index contributed by atoms with van der Waals surface area (Å²) in [7, 11) is 0. The fraction of sp³-hybridized carbons (Fsp3) is 0.909. The van der Waals surface area contributed by atoms with Crippen molar-refractivity contribution in [2.45, 2.75) is 52.2 Å². The van der Waals surface area contributed by atoms with Crippen molar-refractivity contribution >= 4 is 6.09 Å². The Labute approximate surface area is 90.9 Å². The highest BCUT2D eigenvalue weighted by Crippen LogP contribution is 2.45. The molecule has 1 fully saturated rings. The van der Waals surface area contributed by atoms with Crippen LogP contribution in [0.4, 0.5) is 4.79 Å². The van der Waals surface area contributed by atoms with E-state index in [0.29, 0.717) is 6.54 Å². The number of amides is 1. The van der Waals surface area contributed by atoms with E-state index in [4.69, 9.17) is 0 Å². The lowest BCUT2D eigenvalue weighted by Crippen LogP contribution is -2.61. The molecule has 0 aromatic heterocycles. The van der Waals surface area contributed by atoms with Crippen LogP contribution in [0.3, 0.4) is 0 Å². The number of hydrogen-bond acceptors (Lipinski definition) is 2. The van der Waals surface area contributed by atoms with Crippen LogP contribution in [0, 0.1) is 5.41 Å². The Morgan fingerprint density at radius 1 is 1.47 bits per heavy atom. The van der Waals surface area contributed by atoms with Crippen LogP contribution in [0.15, 0.2) is 0 Å². The van der Waals surface area contributed by atoms with Crippen LogP contribution in [-0.4, -0.2) is 39.4 Å². The zero-order valence-corrected chi connectivity index (χ0v) is 9.95. The van der Waals surface area contributed by atoms with Crippen molar-refractivity contribution in [1.82, 2.24) is 4.90 Å². The number of rotatable bonds is 1. The molecule has 1 aliphatic heterocycles. The predicted molar refractivity (Wildman–Crippen MR) is 57.8 cm³/mol. The number of carbonyl (C=O) groups is 1. The van der Waals surface area contributed by atoms with Crippen molar-refractivity contribution in [1.29, 1.82) is 0 Å². The van der Waals surface area contributed by atoms with E-state index in [0.717, 1.165) is 12.8 Å². The molecule has 4 heteroatoms. The fourth-order valence-electron chi connectivity index (χ4n) is 2.95. The molecule has 1 amide bonds. The SMILES string of the molecule is C[C@H](O)[C@@]1(C(C)(C)C)CCCN1C(=O)O. The summed E-state index contributed by atoms with van der Waals surface area (Å²) in [6.45, 7) is 8.17. The van der Waals surface area contributed by atoms with Crippen LogP contribution in [0.2, 0.25) is 0 Å². The second-order valence-corrected chi connectivity index (χ2v) is 5.39. The summed E-state index contributed by atoms with van der Waals surface area (Å²) in [6, 6.07) is 0. The number of hydrogen-bond donors (Lipinski definition) is 2. The van der Waals surface area contributed by atoms with Gasteiger partial charge in [-0.2, -0.15) is 0 Å². The summed E-state index contributed by atoms with van der Waals surface area (Å²) < 4.78 is 0. The van der Waals surface area contributed by atoms with Gasteiger partial charge in [-0.1, -0.05) is 20.8 Å². The van der Waals surface area contributed by atoms with Gasteiger partial charge in [0.2, 0.25) is 0 Å². The number of carboxylic acid groups (broad SMARTS) is 1. The molecule has 0 aliphatic carbocycles. The van der Waals surface area contributed by atoms with Crippen LogP contribution in [0.1, 0.15) is 40.5 Å². The highest BCUT2D eigenvalue weighted by atomic mass is 16.4. The lowest BCUT2D eigenvalue weighted by atomic mass is 9.69. The third-order valence-corrected chi connectivity index (χ3v) is 3.64. The van der Waals surface area contributed by atoms with Gasteiger partial charge >= 0.3 is 6.09 Å². The van der Waals surface area contributed by atoms with Crippen molar-refractivity contribution in [3.8, 4) is 0 Å². The molecule has 0 aromatic rings. The minimum absolute atomic E-state index is 0.254. The van der Waals surface area contributed by atoms with Gasteiger partial charge in [-0.3, -0.25) is 4.90 Å². The monoisotopic (exact) mass is 215 g/mol. The molecule has 0 unspecified atom stereocenters. The molecule has 1 rings (SSSR count). The quantitative estimate of drug-likeness (QED) is 0.702. The molecule has 2 atom stereocenters. The second-order valence-electron chi connectivity index (χ2n) is 5.39. The first-order valence-corrected chi connectivity index (χ1v) is 5.42. The Morgan fingerprint density at radius 2 is 2.00 bits per heavy atom. The molecule has 0 saturated carbocycles. The number of nitrogens with zero attached hydrogens (tertiary/aromatic N) is 1. The first-order chi connectivity index (χ1) is 6.73. The molecular formula is C11H21NO3. The molecule has 88 valence electrons. The van der Waals surface area contributed by atoms with Gasteiger partial charge in [0.15, 0.2) is 0 Å². The summed E-state index contributed by atoms with van der Waals surface area (Å²) in [6.07, 6.45) is -0.00556. The molecule has 4 nitrogen and oxygen atoms in total. The molecule has 2 N–H and O–H groups in total. The van der Waals surface area contributed by atoms with Crippen molar-refractivity contribution in [3.05, 3.63) is 0 Å². The second kappa shape index (κ2) is 3.67. The third-order valence-electron chi connectivity index (χ3n) is 3.64. The third kappa shape index (κ3) is 1.71. The Hall–Kier alpha value is -0.770. The Kier molecular flexibility index (Phi) is 3.01. The lowest BCUT2D eigenvalue weighted by Gasteiger charge is -2.49. The zero-order valence-electron chi connectivity index (χ0n) is 9.95. The van der Waals surface area contributed by atoms with Gasteiger partial charge in [-0.15, -0.1) is 0 Å². The molecule has 0 spiro atoms. The highest BCUT2D eigenvalue weighted by molar-refractivity contribution is 5.67. The van der Waals surface area contributed by atoms with Gasteiger partial charge in [0.25, 0.3) is 0 Å². The lowest BCUT2D eigenvalue weighted by molar-refractivity contribution is -0.0565. The number of aliphatic hydroxyl groups is 1. The van der Waals surface area contributed by atoms with E-state index in [2.05, 4.69) is 0 Å². The average Bonchev–Trinajstić information content (AvgIpc) is 2.45. The minimum atomic E-state index is -0.927. The Balaban J connectivity index is 3.16.